The van der Waals surface area contributed by atoms with Gasteiger partial charge >= 0.3 is 8.80 Å². The largest absolute Gasteiger partial charge is 0.514 e. The molecule has 0 unspecified atom stereocenters. The zero-order valence-corrected chi connectivity index (χ0v) is 15.2. The Kier molecular flexibility index (Phi) is 6.98. The Morgan fingerprint density at radius 3 is 1.35 bits per heavy atom. The van der Waals surface area contributed by atoms with Crippen LogP contribution in [0.15, 0.2) is 0 Å². The lowest BCUT2D eigenvalue weighted by molar-refractivity contribution is 0.0665. The van der Waals surface area contributed by atoms with Crippen LogP contribution < -0.4 is 0 Å². The highest BCUT2D eigenvalue weighted by Gasteiger charge is 2.62. The van der Waals surface area contributed by atoms with E-state index in [9.17, 15) is 0 Å². The maximum Gasteiger partial charge on any atom is 0.514 e. The lowest BCUT2D eigenvalue weighted by Crippen LogP contribution is -2.70. The van der Waals surface area contributed by atoms with Crippen molar-refractivity contribution in [2.45, 2.75) is 51.3 Å². The normalized spacial score (nSPS) is 16.9. The molecule has 6 heteroatoms. The molecule has 0 heterocycles. The highest BCUT2D eigenvalue weighted by molar-refractivity contribution is 7.86. The van der Waals surface area contributed by atoms with Crippen LogP contribution in [0.3, 0.4) is 0 Å². The number of rotatable bonds is 8. The van der Waals surface area contributed by atoms with Gasteiger partial charge in [0.25, 0.3) is 0 Å². The molecule has 0 amide bonds. The molecule has 0 N–H and O–H groups in total. The first-order chi connectivity index (χ1) is 7.68. The Bertz CT molecular complexity index is 212. The van der Waals surface area contributed by atoms with Crippen molar-refractivity contribution in [3.63, 3.8) is 0 Å². The van der Waals surface area contributed by atoms with Gasteiger partial charge < -0.3 is 13.3 Å². The van der Waals surface area contributed by atoms with Crippen molar-refractivity contribution in [2.75, 3.05) is 19.8 Å². The van der Waals surface area contributed by atoms with Gasteiger partial charge in [-0.25, -0.2) is 0 Å². The summed E-state index contributed by atoms with van der Waals surface area (Å²) in [6.07, 6.45) is 0. The van der Waals surface area contributed by atoms with E-state index < -0.39 is 16.9 Å². The van der Waals surface area contributed by atoms with Gasteiger partial charge in [-0.15, -0.1) is 0 Å². The Morgan fingerprint density at radius 1 is 0.882 bits per heavy atom. The molecule has 0 aromatic rings. The Balaban J connectivity index is 5.38. The molecule has 104 valence electrons. The first-order valence-electron chi connectivity index (χ1n) is 6.32. The summed E-state index contributed by atoms with van der Waals surface area (Å²) >= 11 is 4.90. The standard InChI is InChI=1S/C11H28O3SSi2/c1-8-12-17(13-9-2,14-10-3)11(4,15)16(5,6)7/h15H,8-10H2,1-7H3/t11-/m0/s1. The van der Waals surface area contributed by atoms with E-state index in [0.29, 0.717) is 19.8 Å². The predicted molar refractivity (Wildman–Crippen MR) is 81.4 cm³/mol. The van der Waals surface area contributed by atoms with Crippen LogP contribution in [-0.4, -0.2) is 40.7 Å². The fourth-order valence-corrected chi connectivity index (χ4v) is 8.71. The van der Waals surface area contributed by atoms with E-state index in [2.05, 4.69) is 26.6 Å². The minimum atomic E-state index is -2.73. The number of thiol groups is 1. The lowest BCUT2D eigenvalue weighted by Gasteiger charge is -2.46. The maximum absolute atomic E-state index is 5.95. The van der Waals surface area contributed by atoms with Crippen molar-refractivity contribution in [3.05, 3.63) is 0 Å². The van der Waals surface area contributed by atoms with Crippen molar-refractivity contribution in [2.24, 2.45) is 0 Å². The van der Waals surface area contributed by atoms with Crippen LogP contribution in [0.2, 0.25) is 19.6 Å². The zero-order valence-electron chi connectivity index (χ0n) is 12.3. The molecule has 0 fully saturated rings. The summed E-state index contributed by atoms with van der Waals surface area (Å²) < 4.78 is 17.6. The van der Waals surface area contributed by atoms with E-state index >= 15 is 0 Å². The molecule has 0 bridgehead atoms. The Hall–Kier alpha value is 0.664. The fraction of sp³-hybridized carbons (Fsp3) is 1.00. The van der Waals surface area contributed by atoms with Crippen molar-refractivity contribution >= 4 is 29.5 Å². The molecule has 0 aliphatic heterocycles. The molecule has 0 aromatic carbocycles. The van der Waals surface area contributed by atoms with Crippen LogP contribution in [0.1, 0.15) is 27.7 Å². The Labute approximate surface area is 114 Å². The molecular formula is C11H28O3SSi2. The zero-order chi connectivity index (χ0) is 13.7. The van der Waals surface area contributed by atoms with Crippen molar-refractivity contribution in [1.82, 2.24) is 0 Å². The van der Waals surface area contributed by atoms with E-state index in [1.54, 1.807) is 0 Å². The van der Waals surface area contributed by atoms with Gasteiger partial charge in [0.2, 0.25) is 0 Å². The number of hydrogen-bond donors (Lipinski definition) is 1. The molecule has 0 saturated carbocycles. The average Bonchev–Trinajstić information content (AvgIpc) is 2.16. The van der Waals surface area contributed by atoms with Crippen molar-refractivity contribution in [3.8, 4) is 0 Å². The van der Waals surface area contributed by atoms with Crippen molar-refractivity contribution in [1.29, 1.82) is 0 Å². The summed E-state index contributed by atoms with van der Waals surface area (Å²) in [5, 5.41) is 0. The van der Waals surface area contributed by atoms with Crippen LogP contribution in [-0.2, 0) is 13.3 Å². The van der Waals surface area contributed by atoms with Gasteiger partial charge in [0.1, 0.15) is 0 Å². The molecule has 17 heavy (non-hydrogen) atoms. The third-order valence-electron chi connectivity index (χ3n) is 3.06. The second-order valence-electron chi connectivity index (χ2n) is 5.18. The lowest BCUT2D eigenvalue weighted by atomic mass is 10.9. The summed E-state index contributed by atoms with van der Waals surface area (Å²) in [5.74, 6) is 0. The molecular weight excluding hydrogens is 268 g/mol. The average molecular weight is 297 g/mol. The molecule has 0 aromatic heterocycles. The van der Waals surface area contributed by atoms with Crippen LogP contribution in [0.4, 0.5) is 0 Å². The first kappa shape index (κ1) is 17.7. The summed E-state index contributed by atoms with van der Waals surface area (Å²) in [4.78, 5) is 0. The monoisotopic (exact) mass is 296 g/mol. The summed E-state index contributed by atoms with van der Waals surface area (Å²) in [6, 6.07) is 0. The van der Waals surface area contributed by atoms with Gasteiger partial charge in [0.15, 0.2) is 0 Å². The molecule has 0 spiro atoms. The van der Waals surface area contributed by atoms with Crippen molar-refractivity contribution < 1.29 is 13.3 Å². The van der Waals surface area contributed by atoms with E-state index in [1.165, 1.54) is 0 Å². The van der Waals surface area contributed by atoms with Crippen LogP contribution >= 0.6 is 12.6 Å². The SMILES string of the molecule is CCO[Si](OCC)(OCC)[C@@](C)(S)[Si](C)(C)C. The second-order valence-corrected chi connectivity index (χ2v) is 15.9. The maximum atomic E-state index is 5.95. The van der Waals surface area contributed by atoms with Gasteiger partial charge in [-0.3, -0.25) is 0 Å². The van der Waals surface area contributed by atoms with E-state index in [-0.39, 0.29) is 3.99 Å². The molecule has 0 aliphatic rings. The molecule has 0 saturated heterocycles. The van der Waals surface area contributed by atoms with Gasteiger partial charge in [0.05, 0.1) is 12.1 Å². The third-order valence-corrected chi connectivity index (χ3v) is 15.2. The fourth-order valence-electron chi connectivity index (χ4n) is 1.58. The quantitative estimate of drug-likeness (QED) is 0.551. The molecule has 1 atom stereocenters. The molecule has 3 nitrogen and oxygen atoms in total. The molecule has 0 radical (unpaired) electrons. The van der Waals surface area contributed by atoms with Crippen LogP contribution in [0.25, 0.3) is 0 Å². The highest BCUT2D eigenvalue weighted by atomic mass is 32.1. The molecule has 0 aliphatic carbocycles. The topological polar surface area (TPSA) is 27.7 Å². The summed E-state index contributed by atoms with van der Waals surface area (Å²) in [5.41, 5.74) is 0. The summed E-state index contributed by atoms with van der Waals surface area (Å²) in [7, 11) is -4.31. The third kappa shape index (κ3) is 3.81. The van der Waals surface area contributed by atoms with Gasteiger partial charge in [-0.2, -0.15) is 12.6 Å². The highest BCUT2D eigenvalue weighted by Crippen LogP contribution is 2.38. The summed E-state index contributed by atoms with van der Waals surface area (Å²) in [6.45, 7) is 16.7. The number of hydrogen-bond acceptors (Lipinski definition) is 4. The second kappa shape index (κ2) is 6.72. The first-order valence-corrected chi connectivity index (χ1v) is 12.0. The van der Waals surface area contributed by atoms with Gasteiger partial charge in [-0.05, 0) is 27.7 Å². The van der Waals surface area contributed by atoms with E-state index in [4.69, 9.17) is 25.9 Å². The Morgan fingerprint density at radius 2 is 1.18 bits per heavy atom. The smallest absolute Gasteiger partial charge is 0.373 e. The minimum Gasteiger partial charge on any atom is -0.373 e. The molecule has 0 rings (SSSR count). The van der Waals surface area contributed by atoms with Gasteiger partial charge in [-0.1, -0.05) is 19.6 Å². The van der Waals surface area contributed by atoms with E-state index in [1.807, 2.05) is 20.8 Å². The minimum absolute atomic E-state index is 0.290. The van der Waals surface area contributed by atoms with Gasteiger partial charge in [0, 0.05) is 19.8 Å². The van der Waals surface area contributed by atoms with Crippen LogP contribution in [0, 0.1) is 0 Å². The van der Waals surface area contributed by atoms with Crippen LogP contribution in [0.5, 0.6) is 0 Å². The van der Waals surface area contributed by atoms with E-state index in [0.717, 1.165) is 0 Å². The predicted octanol–water partition coefficient (Wildman–Crippen LogP) is 3.14.